The lowest BCUT2D eigenvalue weighted by atomic mass is 10.3. The lowest BCUT2D eigenvalue weighted by molar-refractivity contribution is -0.127. The highest BCUT2D eigenvalue weighted by Crippen LogP contribution is 2.28. The summed E-state index contributed by atoms with van der Waals surface area (Å²) in [5.74, 6) is 0.634. The van der Waals surface area contributed by atoms with Crippen LogP contribution < -0.4 is 5.32 Å². The number of carbonyl (C=O) groups is 1. The molecule has 6 nitrogen and oxygen atoms in total. The van der Waals surface area contributed by atoms with Crippen LogP contribution in [0.1, 0.15) is 5.76 Å². The summed E-state index contributed by atoms with van der Waals surface area (Å²) < 4.78 is 19.1. The Bertz CT molecular complexity index is 838. The number of anilines is 2. The van der Waals surface area contributed by atoms with E-state index in [-0.39, 0.29) is 17.5 Å². The van der Waals surface area contributed by atoms with Gasteiger partial charge in [0.15, 0.2) is 4.34 Å². The fraction of sp³-hybridized carbons (Fsp3) is 0.188. The van der Waals surface area contributed by atoms with Crippen molar-refractivity contribution in [3.8, 4) is 0 Å². The van der Waals surface area contributed by atoms with Crippen molar-refractivity contribution < 1.29 is 13.6 Å². The molecule has 9 heteroatoms. The van der Waals surface area contributed by atoms with Crippen LogP contribution in [0, 0.1) is 5.82 Å². The van der Waals surface area contributed by atoms with E-state index in [1.54, 1.807) is 36.4 Å². The number of furan rings is 1. The van der Waals surface area contributed by atoms with Crippen molar-refractivity contribution in [1.82, 2.24) is 15.1 Å². The minimum absolute atomic E-state index is 0.0313. The third kappa shape index (κ3) is 5.04. The smallest absolute Gasteiger partial charge is 0.233 e. The number of aromatic nitrogens is 2. The largest absolute Gasteiger partial charge is 0.467 e. The molecule has 0 atom stereocenters. The minimum atomic E-state index is -0.325. The van der Waals surface area contributed by atoms with Crippen molar-refractivity contribution in [3.63, 3.8) is 0 Å². The molecule has 0 fully saturated rings. The lowest BCUT2D eigenvalue weighted by Gasteiger charge is -2.14. The second-order valence-electron chi connectivity index (χ2n) is 5.13. The van der Waals surface area contributed by atoms with E-state index in [4.69, 9.17) is 4.42 Å². The Kier molecular flexibility index (Phi) is 5.67. The predicted molar refractivity (Wildman–Crippen MR) is 95.5 cm³/mol. The molecule has 0 radical (unpaired) electrons. The number of hydrogen-bond acceptors (Lipinski definition) is 7. The van der Waals surface area contributed by atoms with Crippen molar-refractivity contribution in [3.05, 3.63) is 54.2 Å². The fourth-order valence-electron chi connectivity index (χ4n) is 1.97. The van der Waals surface area contributed by atoms with Crippen LogP contribution in [-0.2, 0) is 11.3 Å². The summed E-state index contributed by atoms with van der Waals surface area (Å²) in [6, 6.07) is 9.72. The highest BCUT2D eigenvalue weighted by Gasteiger charge is 2.13. The van der Waals surface area contributed by atoms with Crippen LogP contribution >= 0.6 is 23.1 Å². The van der Waals surface area contributed by atoms with E-state index >= 15 is 0 Å². The maximum Gasteiger partial charge on any atom is 0.233 e. The number of thioether (sulfide) groups is 1. The molecule has 0 spiro atoms. The second kappa shape index (κ2) is 8.13. The minimum Gasteiger partial charge on any atom is -0.467 e. The summed E-state index contributed by atoms with van der Waals surface area (Å²) in [6.45, 7) is 0.425. The number of hydrogen-bond donors (Lipinski definition) is 1. The van der Waals surface area contributed by atoms with Gasteiger partial charge in [0, 0.05) is 12.7 Å². The van der Waals surface area contributed by atoms with Gasteiger partial charge in [0.1, 0.15) is 11.6 Å². The maximum atomic E-state index is 13.2. The quantitative estimate of drug-likeness (QED) is 0.631. The number of amides is 1. The molecule has 0 saturated carbocycles. The molecule has 0 aliphatic rings. The SMILES string of the molecule is CN(Cc1ccco1)C(=O)CSc1nnc(Nc2cccc(F)c2)s1. The molecule has 3 rings (SSSR count). The summed E-state index contributed by atoms with van der Waals surface area (Å²) in [4.78, 5) is 13.7. The Labute approximate surface area is 152 Å². The molecule has 1 amide bonds. The van der Waals surface area contributed by atoms with Gasteiger partial charge in [0.25, 0.3) is 0 Å². The zero-order chi connectivity index (χ0) is 17.6. The van der Waals surface area contributed by atoms with Gasteiger partial charge in [-0.2, -0.15) is 0 Å². The number of benzene rings is 1. The van der Waals surface area contributed by atoms with E-state index in [0.29, 0.717) is 21.7 Å². The monoisotopic (exact) mass is 378 g/mol. The Morgan fingerprint density at radius 1 is 1.36 bits per heavy atom. The van der Waals surface area contributed by atoms with E-state index in [9.17, 15) is 9.18 Å². The molecule has 1 aromatic carbocycles. The fourth-order valence-corrected chi connectivity index (χ4v) is 3.68. The first-order valence-corrected chi connectivity index (χ1v) is 9.15. The molecule has 0 bridgehead atoms. The van der Waals surface area contributed by atoms with Crippen LogP contribution in [0.2, 0.25) is 0 Å². The number of rotatable bonds is 7. The van der Waals surface area contributed by atoms with E-state index < -0.39 is 0 Å². The molecule has 0 aliphatic heterocycles. The first kappa shape index (κ1) is 17.4. The summed E-state index contributed by atoms with van der Waals surface area (Å²) in [7, 11) is 1.72. The second-order valence-corrected chi connectivity index (χ2v) is 7.33. The highest BCUT2D eigenvalue weighted by atomic mass is 32.2. The van der Waals surface area contributed by atoms with Crippen LogP contribution in [0.4, 0.5) is 15.2 Å². The van der Waals surface area contributed by atoms with Crippen LogP contribution in [-0.4, -0.2) is 33.8 Å². The zero-order valence-corrected chi connectivity index (χ0v) is 14.9. The number of nitrogens with one attached hydrogen (secondary N) is 1. The summed E-state index contributed by atoms with van der Waals surface area (Å²) in [6.07, 6.45) is 1.58. The van der Waals surface area contributed by atoms with Crippen molar-refractivity contribution in [2.24, 2.45) is 0 Å². The Hall–Kier alpha value is -2.39. The van der Waals surface area contributed by atoms with E-state index in [1.165, 1.54) is 35.2 Å². The van der Waals surface area contributed by atoms with Crippen LogP contribution in [0.25, 0.3) is 0 Å². The van der Waals surface area contributed by atoms with Crippen molar-refractivity contribution in [2.45, 2.75) is 10.9 Å². The molecule has 25 heavy (non-hydrogen) atoms. The van der Waals surface area contributed by atoms with Gasteiger partial charge in [0.2, 0.25) is 11.0 Å². The first-order chi connectivity index (χ1) is 12.1. The molecule has 0 unspecified atom stereocenters. The molecule has 0 aliphatic carbocycles. The molecule has 1 N–H and O–H groups in total. The summed E-state index contributed by atoms with van der Waals surface area (Å²) in [5, 5.41) is 11.6. The van der Waals surface area contributed by atoms with E-state index in [1.807, 2.05) is 6.07 Å². The third-order valence-corrected chi connectivity index (χ3v) is 5.16. The molecule has 2 heterocycles. The van der Waals surface area contributed by atoms with Gasteiger partial charge in [-0.15, -0.1) is 10.2 Å². The van der Waals surface area contributed by atoms with Crippen molar-refractivity contribution in [2.75, 3.05) is 18.1 Å². The van der Waals surface area contributed by atoms with Gasteiger partial charge in [-0.05, 0) is 30.3 Å². The number of halogens is 1. The average Bonchev–Trinajstić information content (AvgIpc) is 3.24. The van der Waals surface area contributed by atoms with Crippen molar-refractivity contribution >= 4 is 39.8 Å². The first-order valence-electron chi connectivity index (χ1n) is 7.35. The van der Waals surface area contributed by atoms with Crippen LogP contribution in [0.5, 0.6) is 0 Å². The van der Waals surface area contributed by atoms with Crippen molar-refractivity contribution in [1.29, 1.82) is 0 Å². The average molecular weight is 378 g/mol. The number of nitrogens with zero attached hydrogens (tertiary/aromatic N) is 3. The standard InChI is InChI=1S/C16H15FN4O2S2/c1-21(9-13-6-3-7-23-13)14(22)10-24-16-20-19-15(25-16)18-12-5-2-4-11(17)8-12/h2-8H,9-10H2,1H3,(H,18,19). The zero-order valence-electron chi connectivity index (χ0n) is 13.3. The summed E-state index contributed by atoms with van der Waals surface area (Å²) >= 11 is 2.62. The maximum absolute atomic E-state index is 13.2. The number of carbonyl (C=O) groups excluding carboxylic acids is 1. The normalized spacial score (nSPS) is 10.6. The van der Waals surface area contributed by atoms with E-state index in [2.05, 4.69) is 15.5 Å². The van der Waals surface area contributed by atoms with Gasteiger partial charge in [-0.1, -0.05) is 29.2 Å². The van der Waals surface area contributed by atoms with E-state index in [0.717, 1.165) is 5.76 Å². The Morgan fingerprint density at radius 2 is 2.24 bits per heavy atom. The van der Waals surface area contributed by atoms with Crippen LogP contribution in [0.15, 0.2) is 51.4 Å². The Balaban J connectivity index is 1.50. The topological polar surface area (TPSA) is 71.3 Å². The molecule has 0 saturated heterocycles. The van der Waals surface area contributed by atoms with Gasteiger partial charge in [-0.25, -0.2) is 4.39 Å². The molecular formula is C16H15FN4O2S2. The molecule has 130 valence electrons. The summed E-state index contributed by atoms with van der Waals surface area (Å²) in [5.41, 5.74) is 0.599. The third-order valence-electron chi connectivity index (χ3n) is 3.20. The highest BCUT2D eigenvalue weighted by molar-refractivity contribution is 8.01. The van der Waals surface area contributed by atoms with Gasteiger partial charge < -0.3 is 14.6 Å². The Morgan fingerprint density at radius 3 is 3.00 bits per heavy atom. The molecule has 3 aromatic rings. The molecular weight excluding hydrogens is 363 g/mol. The van der Waals surface area contributed by atoms with Gasteiger partial charge in [0.05, 0.1) is 18.6 Å². The van der Waals surface area contributed by atoms with Crippen LogP contribution in [0.3, 0.4) is 0 Å². The lowest BCUT2D eigenvalue weighted by Crippen LogP contribution is -2.27. The predicted octanol–water partition coefficient (Wildman–Crippen LogP) is 3.76. The van der Waals surface area contributed by atoms with Gasteiger partial charge >= 0.3 is 0 Å². The molecule has 2 aromatic heterocycles. The van der Waals surface area contributed by atoms with Gasteiger partial charge in [-0.3, -0.25) is 4.79 Å².